The van der Waals surface area contributed by atoms with Gasteiger partial charge in [0.05, 0.1) is 6.10 Å². The van der Waals surface area contributed by atoms with Crippen LogP contribution < -0.4 is 4.74 Å². The summed E-state index contributed by atoms with van der Waals surface area (Å²) in [6.07, 6.45) is 3.88. The molecule has 0 aromatic carbocycles. The van der Waals surface area contributed by atoms with Gasteiger partial charge >= 0.3 is 5.97 Å². The fourth-order valence-electron chi connectivity index (χ4n) is 2.28. The van der Waals surface area contributed by atoms with Gasteiger partial charge in [0, 0.05) is 4.88 Å². The lowest BCUT2D eigenvalue weighted by atomic mass is 10.1. The first-order valence-electron chi connectivity index (χ1n) is 6.26. The maximum absolute atomic E-state index is 11.1. The average Bonchev–Trinajstić information content (AvgIpc) is 2.56. The number of carboxylic acids is 1. The lowest BCUT2D eigenvalue weighted by Crippen LogP contribution is -2.30. The van der Waals surface area contributed by atoms with Crippen LogP contribution in [0.15, 0.2) is 6.07 Å². The summed E-state index contributed by atoms with van der Waals surface area (Å²) in [5.74, 6) is -0.567. The fraction of sp³-hybridized carbons (Fsp3) is 0.615. The van der Waals surface area contributed by atoms with Crippen LogP contribution in [0.25, 0.3) is 0 Å². The van der Waals surface area contributed by atoms with E-state index in [-0.39, 0.29) is 11.0 Å². The van der Waals surface area contributed by atoms with Gasteiger partial charge in [0.2, 0.25) is 0 Å². The molecule has 0 radical (unpaired) electrons. The highest BCUT2D eigenvalue weighted by atomic mass is 32.1. The molecular weight excluding hydrogens is 252 g/mol. The Morgan fingerprint density at radius 2 is 2.11 bits per heavy atom. The van der Waals surface area contributed by atoms with Crippen molar-refractivity contribution in [2.75, 3.05) is 0 Å². The molecule has 0 spiro atoms. The van der Waals surface area contributed by atoms with E-state index in [9.17, 15) is 9.90 Å². The van der Waals surface area contributed by atoms with Gasteiger partial charge < -0.3 is 14.9 Å². The van der Waals surface area contributed by atoms with E-state index in [1.54, 1.807) is 6.07 Å². The lowest BCUT2D eigenvalue weighted by molar-refractivity contribution is 0.0309. The molecule has 100 valence electrons. The van der Waals surface area contributed by atoms with Crippen molar-refractivity contribution in [3.05, 3.63) is 15.8 Å². The number of carboxylic acid groups (broad SMARTS) is 1. The quantitative estimate of drug-likeness (QED) is 0.829. The predicted molar refractivity (Wildman–Crippen MR) is 69.5 cm³/mol. The van der Waals surface area contributed by atoms with Crippen molar-refractivity contribution >= 4 is 17.3 Å². The molecule has 0 amide bonds. The van der Waals surface area contributed by atoms with Crippen molar-refractivity contribution in [3.63, 3.8) is 0 Å². The van der Waals surface area contributed by atoms with E-state index in [0.717, 1.165) is 37.0 Å². The maximum atomic E-state index is 11.1. The van der Waals surface area contributed by atoms with Gasteiger partial charge in [0.15, 0.2) is 4.88 Å². The van der Waals surface area contributed by atoms with Gasteiger partial charge in [-0.1, -0.05) is 12.8 Å². The number of hydrogen-bond donors (Lipinski definition) is 2. The first-order valence-corrected chi connectivity index (χ1v) is 7.08. The van der Waals surface area contributed by atoms with Crippen LogP contribution in [-0.2, 0) is 0 Å². The minimum absolute atomic E-state index is 0.226. The molecule has 0 saturated heterocycles. The Hall–Kier alpha value is -1.07. The second kappa shape index (κ2) is 5.71. The third-order valence-corrected chi connectivity index (χ3v) is 4.23. The van der Waals surface area contributed by atoms with Crippen LogP contribution in [0.1, 0.15) is 46.7 Å². The van der Waals surface area contributed by atoms with Crippen molar-refractivity contribution in [3.8, 4) is 5.75 Å². The second-order valence-electron chi connectivity index (χ2n) is 4.72. The van der Waals surface area contributed by atoms with Gasteiger partial charge in [-0.05, 0) is 32.3 Å². The van der Waals surface area contributed by atoms with Crippen molar-refractivity contribution in [2.24, 2.45) is 0 Å². The molecule has 1 aliphatic rings. The van der Waals surface area contributed by atoms with E-state index >= 15 is 0 Å². The van der Waals surface area contributed by atoms with Crippen LogP contribution in [0.2, 0.25) is 0 Å². The Kier molecular flexibility index (Phi) is 4.24. The minimum Gasteiger partial charge on any atom is -0.486 e. The minimum atomic E-state index is -0.966. The smallest absolute Gasteiger partial charge is 0.349 e. The summed E-state index contributed by atoms with van der Waals surface area (Å²) >= 11 is 1.21. The zero-order chi connectivity index (χ0) is 13.1. The SMILES string of the molecule is Cc1cc(OC2CCCCCC2O)c(C(=O)O)s1. The molecule has 18 heavy (non-hydrogen) atoms. The van der Waals surface area contributed by atoms with Crippen LogP contribution in [0.4, 0.5) is 0 Å². The average molecular weight is 270 g/mol. The zero-order valence-corrected chi connectivity index (χ0v) is 11.2. The monoisotopic (exact) mass is 270 g/mol. The maximum Gasteiger partial charge on any atom is 0.349 e. The molecule has 1 heterocycles. The molecule has 1 aliphatic carbocycles. The highest BCUT2D eigenvalue weighted by Gasteiger charge is 2.26. The van der Waals surface area contributed by atoms with Gasteiger partial charge in [0.25, 0.3) is 0 Å². The van der Waals surface area contributed by atoms with Gasteiger partial charge in [-0.2, -0.15) is 0 Å². The van der Waals surface area contributed by atoms with Crippen LogP contribution in [0, 0.1) is 6.92 Å². The molecule has 2 rings (SSSR count). The highest BCUT2D eigenvalue weighted by molar-refractivity contribution is 7.14. The molecule has 0 bridgehead atoms. The Morgan fingerprint density at radius 3 is 2.83 bits per heavy atom. The highest BCUT2D eigenvalue weighted by Crippen LogP contribution is 2.32. The van der Waals surface area contributed by atoms with Gasteiger partial charge in [0.1, 0.15) is 11.9 Å². The normalized spacial score (nSPS) is 24.6. The van der Waals surface area contributed by atoms with Crippen LogP contribution in [-0.4, -0.2) is 28.4 Å². The summed E-state index contributed by atoms with van der Waals surface area (Å²) in [4.78, 5) is 12.2. The Balaban J connectivity index is 2.14. The first kappa shape index (κ1) is 13.4. The summed E-state index contributed by atoms with van der Waals surface area (Å²) in [6, 6.07) is 1.74. The van der Waals surface area contributed by atoms with E-state index < -0.39 is 12.1 Å². The zero-order valence-electron chi connectivity index (χ0n) is 10.4. The molecule has 2 atom stereocenters. The Morgan fingerprint density at radius 1 is 1.39 bits per heavy atom. The third kappa shape index (κ3) is 3.03. The number of thiophene rings is 1. The standard InChI is InChI=1S/C13H18O4S/c1-8-7-11(12(18-8)13(15)16)17-10-6-4-2-3-5-9(10)14/h7,9-10,14H,2-6H2,1H3,(H,15,16). The molecule has 1 fully saturated rings. The molecular formula is C13H18O4S. The molecule has 0 aliphatic heterocycles. The van der Waals surface area contributed by atoms with Crippen molar-refractivity contribution in [2.45, 2.75) is 51.2 Å². The fourth-order valence-corrected chi connectivity index (χ4v) is 3.06. The van der Waals surface area contributed by atoms with Gasteiger partial charge in [-0.25, -0.2) is 4.79 Å². The summed E-state index contributed by atoms with van der Waals surface area (Å²) in [6.45, 7) is 1.85. The Bertz CT molecular complexity index is 427. The Labute approximate surface area is 110 Å². The summed E-state index contributed by atoms with van der Waals surface area (Å²) in [5.41, 5.74) is 0. The van der Waals surface area contributed by atoms with Crippen molar-refractivity contribution in [1.82, 2.24) is 0 Å². The van der Waals surface area contributed by atoms with E-state index in [2.05, 4.69) is 0 Å². The molecule has 5 heteroatoms. The van der Waals surface area contributed by atoms with Crippen molar-refractivity contribution < 1.29 is 19.7 Å². The third-order valence-electron chi connectivity index (χ3n) is 3.21. The number of hydrogen-bond acceptors (Lipinski definition) is 4. The van der Waals surface area contributed by atoms with E-state index in [1.807, 2.05) is 6.92 Å². The number of aromatic carboxylic acids is 1. The molecule has 1 aromatic rings. The van der Waals surface area contributed by atoms with Gasteiger partial charge in [-0.3, -0.25) is 0 Å². The molecule has 4 nitrogen and oxygen atoms in total. The first-order chi connectivity index (χ1) is 8.58. The van der Waals surface area contributed by atoms with Crippen LogP contribution >= 0.6 is 11.3 Å². The number of rotatable bonds is 3. The molecule has 2 unspecified atom stereocenters. The van der Waals surface area contributed by atoms with Crippen LogP contribution in [0.3, 0.4) is 0 Å². The van der Waals surface area contributed by atoms with Crippen molar-refractivity contribution in [1.29, 1.82) is 0 Å². The lowest BCUT2D eigenvalue weighted by Gasteiger charge is -2.21. The topological polar surface area (TPSA) is 66.8 Å². The van der Waals surface area contributed by atoms with E-state index in [0.29, 0.717) is 5.75 Å². The predicted octanol–water partition coefficient (Wildman–Crippen LogP) is 2.83. The van der Waals surface area contributed by atoms with E-state index in [1.165, 1.54) is 11.3 Å². The largest absolute Gasteiger partial charge is 0.486 e. The number of aryl methyl sites for hydroxylation is 1. The number of aliphatic hydroxyl groups is 1. The second-order valence-corrected chi connectivity index (χ2v) is 5.97. The summed E-state index contributed by atoms with van der Waals surface area (Å²) in [5, 5.41) is 19.1. The molecule has 1 aromatic heterocycles. The molecule has 1 saturated carbocycles. The molecule has 2 N–H and O–H groups in total. The number of aliphatic hydroxyl groups excluding tert-OH is 1. The number of carbonyl (C=O) groups is 1. The van der Waals surface area contributed by atoms with Crippen LogP contribution in [0.5, 0.6) is 5.75 Å². The summed E-state index contributed by atoms with van der Waals surface area (Å²) in [7, 11) is 0. The van der Waals surface area contributed by atoms with E-state index in [4.69, 9.17) is 9.84 Å². The van der Waals surface area contributed by atoms with Gasteiger partial charge in [-0.15, -0.1) is 11.3 Å². The number of ether oxygens (including phenoxy) is 1. The summed E-state index contributed by atoms with van der Waals surface area (Å²) < 4.78 is 5.74.